The Kier molecular flexibility index (Phi) is 3.73. The van der Waals surface area contributed by atoms with E-state index in [-0.39, 0.29) is 21.6 Å². The van der Waals surface area contributed by atoms with E-state index in [0.717, 1.165) is 12.1 Å². The van der Waals surface area contributed by atoms with Crippen LogP contribution in [0.5, 0.6) is 0 Å². The Bertz CT molecular complexity index is 702. The van der Waals surface area contributed by atoms with Crippen molar-refractivity contribution in [2.45, 2.75) is 10.9 Å². The number of rotatable bonds is 4. The minimum absolute atomic E-state index is 0.00772. The number of sulfonamides is 1. The van der Waals surface area contributed by atoms with E-state index in [1.165, 1.54) is 0 Å². The van der Waals surface area contributed by atoms with Gasteiger partial charge >= 0.3 is 0 Å². The predicted octanol–water partition coefficient (Wildman–Crippen LogP) is 0.877. The van der Waals surface area contributed by atoms with E-state index < -0.39 is 21.7 Å². The van der Waals surface area contributed by atoms with E-state index in [2.05, 4.69) is 14.9 Å². The largest absolute Gasteiger partial charge is 0.374 e. The van der Waals surface area contributed by atoms with Crippen molar-refractivity contribution in [1.82, 2.24) is 14.9 Å². The summed E-state index contributed by atoms with van der Waals surface area (Å²) in [7, 11) is -3.91. The van der Waals surface area contributed by atoms with E-state index in [0.29, 0.717) is 17.4 Å². The van der Waals surface area contributed by atoms with Gasteiger partial charge in [-0.25, -0.2) is 21.9 Å². The van der Waals surface area contributed by atoms with Crippen LogP contribution in [-0.2, 0) is 16.6 Å². The Morgan fingerprint density at radius 1 is 1.32 bits per heavy atom. The maximum atomic E-state index is 13.3. The second kappa shape index (κ2) is 5.15. The summed E-state index contributed by atoms with van der Waals surface area (Å²) in [6.07, 6.45) is 0. The first-order valence-corrected chi connectivity index (χ1v) is 7.21. The van der Waals surface area contributed by atoms with Gasteiger partial charge in [0, 0.05) is 18.2 Å². The SMILES string of the molecule is Nc1nnc(S(=O)(=O)NCc2ccc(F)cc2F)s1. The molecule has 0 aliphatic rings. The number of anilines is 1. The lowest BCUT2D eigenvalue weighted by Gasteiger charge is -2.04. The normalized spacial score (nSPS) is 11.7. The fraction of sp³-hybridized carbons (Fsp3) is 0.111. The molecule has 0 saturated heterocycles. The summed E-state index contributed by atoms with van der Waals surface area (Å²) in [5.41, 5.74) is 5.29. The third-order valence-corrected chi connectivity index (χ3v) is 4.64. The molecule has 0 aliphatic heterocycles. The first-order valence-electron chi connectivity index (χ1n) is 4.91. The van der Waals surface area contributed by atoms with Crippen LogP contribution >= 0.6 is 11.3 Å². The van der Waals surface area contributed by atoms with Gasteiger partial charge in [-0.15, -0.1) is 10.2 Å². The number of hydrogen-bond acceptors (Lipinski definition) is 6. The standard InChI is InChI=1S/C9H8F2N4O2S2/c10-6-2-1-5(7(11)3-6)4-13-19(16,17)9-15-14-8(12)18-9/h1-3,13H,4H2,(H2,12,14). The maximum Gasteiger partial charge on any atom is 0.270 e. The molecule has 0 amide bonds. The lowest BCUT2D eigenvalue weighted by atomic mass is 10.2. The van der Waals surface area contributed by atoms with Crippen molar-refractivity contribution in [3.63, 3.8) is 0 Å². The summed E-state index contributed by atoms with van der Waals surface area (Å²) < 4.78 is 51.3. The minimum Gasteiger partial charge on any atom is -0.374 e. The summed E-state index contributed by atoms with van der Waals surface area (Å²) in [5.74, 6) is -1.57. The van der Waals surface area contributed by atoms with E-state index >= 15 is 0 Å². The number of nitrogens with two attached hydrogens (primary N) is 1. The molecule has 10 heteroatoms. The van der Waals surface area contributed by atoms with Crippen molar-refractivity contribution in [3.05, 3.63) is 35.4 Å². The Balaban J connectivity index is 2.14. The van der Waals surface area contributed by atoms with Gasteiger partial charge in [0.1, 0.15) is 11.6 Å². The topological polar surface area (TPSA) is 98.0 Å². The molecule has 1 heterocycles. The van der Waals surface area contributed by atoms with Crippen molar-refractivity contribution < 1.29 is 17.2 Å². The van der Waals surface area contributed by atoms with Gasteiger partial charge in [0.15, 0.2) is 0 Å². The van der Waals surface area contributed by atoms with Gasteiger partial charge in [0.25, 0.3) is 10.0 Å². The Labute approximate surface area is 111 Å². The van der Waals surface area contributed by atoms with E-state index in [9.17, 15) is 17.2 Å². The lowest BCUT2D eigenvalue weighted by Crippen LogP contribution is -2.23. The second-order valence-corrected chi connectivity index (χ2v) is 6.42. The van der Waals surface area contributed by atoms with Gasteiger partial charge in [-0.05, 0) is 6.07 Å². The number of aromatic nitrogens is 2. The highest BCUT2D eigenvalue weighted by Crippen LogP contribution is 2.17. The fourth-order valence-electron chi connectivity index (χ4n) is 1.23. The molecule has 0 spiro atoms. The van der Waals surface area contributed by atoms with Crippen molar-refractivity contribution in [1.29, 1.82) is 0 Å². The molecule has 2 rings (SSSR count). The van der Waals surface area contributed by atoms with E-state index in [1.54, 1.807) is 0 Å². The first kappa shape index (κ1) is 13.8. The summed E-state index contributed by atoms with van der Waals surface area (Å²) in [6, 6.07) is 2.86. The van der Waals surface area contributed by atoms with Crippen LogP contribution in [-0.4, -0.2) is 18.6 Å². The molecular formula is C9H8F2N4O2S2. The third kappa shape index (κ3) is 3.22. The molecule has 0 saturated carbocycles. The van der Waals surface area contributed by atoms with Crippen LogP contribution in [0.4, 0.5) is 13.9 Å². The Hall–Kier alpha value is -1.65. The number of halogens is 2. The van der Waals surface area contributed by atoms with Crippen molar-refractivity contribution in [2.75, 3.05) is 5.73 Å². The number of hydrogen-bond donors (Lipinski definition) is 2. The van der Waals surface area contributed by atoms with Crippen molar-refractivity contribution in [3.8, 4) is 0 Å². The molecular weight excluding hydrogens is 298 g/mol. The van der Waals surface area contributed by atoms with Crippen LogP contribution in [0.25, 0.3) is 0 Å². The average molecular weight is 306 g/mol. The number of nitrogen functional groups attached to an aromatic ring is 1. The quantitative estimate of drug-likeness (QED) is 0.873. The van der Waals surface area contributed by atoms with Crippen molar-refractivity contribution >= 4 is 26.5 Å². The zero-order valence-corrected chi connectivity index (χ0v) is 10.9. The van der Waals surface area contributed by atoms with E-state index in [4.69, 9.17) is 5.73 Å². The van der Waals surface area contributed by atoms with Crippen LogP contribution in [0.15, 0.2) is 22.5 Å². The molecule has 0 bridgehead atoms. The highest BCUT2D eigenvalue weighted by molar-refractivity contribution is 7.91. The molecule has 6 nitrogen and oxygen atoms in total. The van der Waals surface area contributed by atoms with Crippen LogP contribution < -0.4 is 10.5 Å². The molecule has 0 atom stereocenters. The number of nitrogens with one attached hydrogen (secondary N) is 1. The zero-order chi connectivity index (χ0) is 14.0. The molecule has 0 radical (unpaired) electrons. The number of nitrogens with zero attached hydrogens (tertiary/aromatic N) is 2. The summed E-state index contributed by atoms with van der Waals surface area (Å²) in [4.78, 5) is 0. The van der Waals surface area contributed by atoms with Crippen LogP contribution in [0.1, 0.15) is 5.56 Å². The summed E-state index contributed by atoms with van der Waals surface area (Å²) in [6.45, 7) is -0.325. The molecule has 19 heavy (non-hydrogen) atoms. The smallest absolute Gasteiger partial charge is 0.270 e. The lowest BCUT2D eigenvalue weighted by molar-refractivity contribution is 0.562. The van der Waals surface area contributed by atoms with Crippen LogP contribution in [0, 0.1) is 11.6 Å². The molecule has 3 N–H and O–H groups in total. The average Bonchev–Trinajstić information content (AvgIpc) is 2.75. The van der Waals surface area contributed by atoms with Crippen LogP contribution in [0.2, 0.25) is 0 Å². The molecule has 0 unspecified atom stereocenters. The highest BCUT2D eigenvalue weighted by Gasteiger charge is 2.19. The number of benzene rings is 1. The molecule has 0 fully saturated rings. The predicted molar refractivity (Wildman–Crippen MR) is 64.7 cm³/mol. The van der Waals surface area contributed by atoms with Gasteiger partial charge < -0.3 is 5.73 Å². The molecule has 1 aromatic heterocycles. The Morgan fingerprint density at radius 3 is 2.63 bits per heavy atom. The van der Waals surface area contributed by atoms with E-state index in [1.807, 2.05) is 0 Å². The monoisotopic (exact) mass is 306 g/mol. The molecule has 0 aliphatic carbocycles. The third-order valence-electron chi connectivity index (χ3n) is 2.12. The first-order chi connectivity index (χ1) is 8.88. The molecule has 2 aromatic rings. The zero-order valence-electron chi connectivity index (χ0n) is 9.30. The highest BCUT2D eigenvalue weighted by atomic mass is 32.2. The summed E-state index contributed by atoms with van der Waals surface area (Å²) >= 11 is 0.688. The summed E-state index contributed by atoms with van der Waals surface area (Å²) in [5, 5.41) is 6.75. The molecule has 102 valence electrons. The second-order valence-electron chi connectivity index (χ2n) is 3.47. The van der Waals surface area contributed by atoms with Crippen molar-refractivity contribution in [2.24, 2.45) is 0 Å². The van der Waals surface area contributed by atoms with Gasteiger partial charge in [-0.2, -0.15) is 0 Å². The van der Waals surface area contributed by atoms with Gasteiger partial charge in [0.05, 0.1) is 0 Å². The fourth-order valence-corrected chi connectivity index (χ4v) is 3.06. The van der Waals surface area contributed by atoms with Crippen LogP contribution in [0.3, 0.4) is 0 Å². The van der Waals surface area contributed by atoms with Gasteiger partial charge in [0.2, 0.25) is 9.47 Å². The Morgan fingerprint density at radius 2 is 2.05 bits per heavy atom. The van der Waals surface area contributed by atoms with Gasteiger partial charge in [-0.3, -0.25) is 0 Å². The van der Waals surface area contributed by atoms with Gasteiger partial charge in [-0.1, -0.05) is 17.4 Å². The maximum absolute atomic E-state index is 13.3. The molecule has 1 aromatic carbocycles. The minimum atomic E-state index is -3.91.